The third-order valence-electron chi connectivity index (χ3n) is 12.0. The molecule has 1 saturated heterocycles. The molecule has 376 valence electrons. The van der Waals surface area contributed by atoms with Crippen LogP contribution in [0.25, 0.3) is 21.8 Å². The Balaban J connectivity index is 0.000000197. The van der Waals surface area contributed by atoms with Gasteiger partial charge in [-0.3, -0.25) is 24.5 Å². The molecule has 0 aliphatic carbocycles. The number of carbonyl (C=O) groups excluding carboxylic acids is 2. The van der Waals surface area contributed by atoms with Gasteiger partial charge in [-0.2, -0.15) is 0 Å². The number of rotatable bonds is 19. The molecule has 0 atom stereocenters. The van der Waals surface area contributed by atoms with Gasteiger partial charge in [-0.1, -0.05) is 23.3 Å². The molecule has 0 bridgehead atoms. The van der Waals surface area contributed by atoms with Crippen LogP contribution in [0.5, 0.6) is 57.5 Å². The first-order valence-electron chi connectivity index (χ1n) is 23.6. The van der Waals surface area contributed by atoms with E-state index >= 15 is 0 Å². The highest BCUT2D eigenvalue weighted by Gasteiger charge is 2.21. The van der Waals surface area contributed by atoms with E-state index in [2.05, 4.69) is 14.9 Å². The number of benzene rings is 6. The molecule has 0 amide bonds. The second-order valence-electron chi connectivity index (χ2n) is 16.8. The zero-order valence-electron chi connectivity index (χ0n) is 41.6. The van der Waals surface area contributed by atoms with Crippen LogP contribution in [-0.2, 0) is 4.74 Å². The molecule has 15 heteroatoms. The van der Waals surface area contributed by atoms with E-state index < -0.39 is 0 Å². The van der Waals surface area contributed by atoms with Crippen molar-refractivity contribution < 1.29 is 52.2 Å². The minimum Gasteiger partial charge on any atom is -0.493 e. The molecule has 0 saturated carbocycles. The summed E-state index contributed by atoms with van der Waals surface area (Å²) in [5, 5.41) is 1.48. The van der Waals surface area contributed by atoms with E-state index in [1.807, 2.05) is 68.4 Å². The number of alkyl halides is 1. The average Bonchev–Trinajstić information content (AvgIpc) is 3.43. The summed E-state index contributed by atoms with van der Waals surface area (Å²) in [4.78, 5) is 38.2. The Bertz CT molecular complexity index is 3200. The van der Waals surface area contributed by atoms with Crippen LogP contribution in [0.15, 0.2) is 134 Å². The minimum absolute atomic E-state index is 0.133. The Kier molecular flexibility index (Phi) is 17.2. The van der Waals surface area contributed by atoms with Crippen molar-refractivity contribution in [1.82, 2.24) is 14.9 Å². The smallest absolute Gasteiger partial charge is 0.196 e. The number of ether oxygens (including phenoxy) is 9. The average molecular weight is 1010 g/mol. The highest BCUT2D eigenvalue weighted by atomic mass is 35.5. The van der Waals surface area contributed by atoms with Crippen molar-refractivity contribution >= 4 is 45.0 Å². The summed E-state index contributed by atoms with van der Waals surface area (Å²) >= 11 is 5.67. The minimum atomic E-state index is -0.153. The third kappa shape index (κ3) is 12.6. The first kappa shape index (κ1) is 51.4. The standard InChI is InChI=1S/C31H32N2O6.C27H24ClNO5/c1-21-4-9-27(39-28-10-11-32-26-20-30(36-3)29(35-2)19-24(26)28)25(18-21)31(34)22-5-7-23(8-6-22)38-17-14-33-12-15-37-16-13-33;1-17-4-9-23(21(14-17)27(30)18-5-7-19(8-6-18)33-13-11-28)34-24-10-12-29-22-16-26(32-3)25(31-2)15-20(22)24/h4-11,18-20H,12-17H2,1-3H3;4-10,12,14-16H,11,13H2,1-3H3. The molecule has 0 unspecified atom stereocenters. The number of hydrogen-bond donors (Lipinski definition) is 0. The lowest BCUT2D eigenvalue weighted by molar-refractivity contribution is 0.0322. The van der Waals surface area contributed by atoms with E-state index in [0.717, 1.165) is 60.5 Å². The van der Waals surface area contributed by atoms with Crippen LogP contribution < -0.4 is 37.9 Å². The fourth-order valence-corrected chi connectivity index (χ4v) is 8.20. The first-order valence-corrected chi connectivity index (χ1v) is 24.1. The molecular formula is C58H56ClN3O11. The van der Waals surface area contributed by atoms with Gasteiger partial charge < -0.3 is 42.6 Å². The molecule has 0 radical (unpaired) electrons. The van der Waals surface area contributed by atoms with E-state index in [9.17, 15) is 9.59 Å². The topological polar surface area (TPSA) is 146 Å². The number of aryl methyl sites for hydroxylation is 2. The largest absolute Gasteiger partial charge is 0.493 e. The molecule has 6 aromatic carbocycles. The van der Waals surface area contributed by atoms with Crippen molar-refractivity contribution in [3.8, 4) is 57.5 Å². The predicted molar refractivity (Wildman–Crippen MR) is 281 cm³/mol. The van der Waals surface area contributed by atoms with Gasteiger partial charge in [0.25, 0.3) is 0 Å². The fraction of sp³-hybridized carbons (Fsp3) is 0.241. The number of halogens is 1. The van der Waals surface area contributed by atoms with Gasteiger partial charge in [0.1, 0.15) is 47.7 Å². The lowest BCUT2D eigenvalue weighted by atomic mass is 10.0. The van der Waals surface area contributed by atoms with E-state index in [0.29, 0.717) is 104 Å². The lowest BCUT2D eigenvalue weighted by Gasteiger charge is -2.26. The number of carbonyl (C=O) groups is 2. The zero-order chi connectivity index (χ0) is 51.3. The molecule has 9 rings (SSSR count). The van der Waals surface area contributed by atoms with Crippen LogP contribution in [0.4, 0.5) is 0 Å². The summed E-state index contributed by atoms with van der Waals surface area (Å²) in [6.07, 6.45) is 3.32. The van der Waals surface area contributed by atoms with Crippen LogP contribution in [0.1, 0.15) is 43.0 Å². The molecule has 1 fully saturated rings. The van der Waals surface area contributed by atoms with Crippen molar-refractivity contribution in [2.24, 2.45) is 0 Å². The number of fused-ring (bicyclic) bond motifs is 2. The van der Waals surface area contributed by atoms with Gasteiger partial charge in [-0.25, -0.2) is 0 Å². The van der Waals surface area contributed by atoms with E-state index in [1.54, 1.807) is 108 Å². The summed E-state index contributed by atoms with van der Waals surface area (Å²) in [5.74, 6) is 5.78. The van der Waals surface area contributed by atoms with Gasteiger partial charge in [0.15, 0.2) is 34.6 Å². The molecule has 14 nitrogen and oxygen atoms in total. The van der Waals surface area contributed by atoms with Gasteiger partial charge in [-0.15, -0.1) is 11.6 Å². The van der Waals surface area contributed by atoms with Crippen LogP contribution >= 0.6 is 11.6 Å². The van der Waals surface area contributed by atoms with Gasteiger partial charge >= 0.3 is 0 Å². The zero-order valence-corrected chi connectivity index (χ0v) is 42.3. The summed E-state index contributed by atoms with van der Waals surface area (Å²) in [6.45, 7) is 9.10. The Morgan fingerprint density at radius 2 is 0.945 bits per heavy atom. The van der Waals surface area contributed by atoms with E-state index in [4.69, 9.17) is 54.2 Å². The van der Waals surface area contributed by atoms with Gasteiger partial charge in [0.05, 0.1) is 69.7 Å². The lowest BCUT2D eigenvalue weighted by Crippen LogP contribution is -2.38. The molecule has 0 N–H and O–H groups in total. The fourth-order valence-electron chi connectivity index (χ4n) is 8.12. The van der Waals surface area contributed by atoms with Crippen LogP contribution in [0.2, 0.25) is 0 Å². The third-order valence-corrected chi connectivity index (χ3v) is 12.1. The summed E-state index contributed by atoms with van der Waals surface area (Å²) in [5.41, 5.74) is 5.29. The van der Waals surface area contributed by atoms with Crippen molar-refractivity contribution in [1.29, 1.82) is 0 Å². The Morgan fingerprint density at radius 3 is 1.37 bits per heavy atom. The number of pyridine rings is 2. The van der Waals surface area contributed by atoms with Crippen molar-refractivity contribution in [2.75, 3.05) is 80.4 Å². The number of aromatic nitrogens is 2. The van der Waals surface area contributed by atoms with Crippen LogP contribution in [-0.4, -0.2) is 107 Å². The second-order valence-corrected chi connectivity index (χ2v) is 17.2. The van der Waals surface area contributed by atoms with Crippen LogP contribution in [0, 0.1) is 13.8 Å². The molecule has 2 aromatic heterocycles. The maximum Gasteiger partial charge on any atom is 0.196 e. The maximum atomic E-state index is 13.6. The Morgan fingerprint density at radius 1 is 0.521 bits per heavy atom. The molecular weight excluding hydrogens is 950 g/mol. The van der Waals surface area contributed by atoms with Crippen molar-refractivity contribution in [3.63, 3.8) is 0 Å². The van der Waals surface area contributed by atoms with Crippen LogP contribution in [0.3, 0.4) is 0 Å². The molecule has 0 spiro atoms. The highest BCUT2D eigenvalue weighted by molar-refractivity contribution is 6.18. The first-order chi connectivity index (χ1) is 35.6. The monoisotopic (exact) mass is 1010 g/mol. The summed E-state index contributed by atoms with van der Waals surface area (Å²) in [6, 6.07) is 36.1. The molecule has 8 aromatic rings. The quantitative estimate of drug-likeness (QED) is 0.0559. The Hall–Kier alpha value is -7.91. The normalized spacial score (nSPS) is 12.3. The predicted octanol–water partition coefficient (Wildman–Crippen LogP) is 11.5. The number of methoxy groups -OCH3 is 4. The van der Waals surface area contributed by atoms with Crippen molar-refractivity contribution in [2.45, 2.75) is 13.8 Å². The summed E-state index contributed by atoms with van der Waals surface area (Å²) in [7, 11) is 6.31. The molecule has 1 aliphatic heterocycles. The van der Waals surface area contributed by atoms with Gasteiger partial charge in [-0.05, 0) is 111 Å². The maximum absolute atomic E-state index is 13.6. The Labute approximate surface area is 429 Å². The number of hydrogen-bond acceptors (Lipinski definition) is 14. The number of nitrogens with zero attached hydrogens (tertiary/aromatic N) is 3. The second kappa shape index (κ2) is 24.5. The molecule has 1 aliphatic rings. The highest BCUT2D eigenvalue weighted by Crippen LogP contribution is 2.40. The van der Waals surface area contributed by atoms with E-state index in [1.165, 1.54) is 0 Å². The molecule has 73 heavy (non-hydrogen) atoms. The molecule has 3 heterocycles. The SMILES string of the molecule is COc1cc2nccc(Oc3ccc(C)cc3C(=O)c3ccc(OCCCl)cc3)c2cc1OC.COc1cc2nccc(Oc3ccc(C)cc3C(=O)c3ccc(OCCN4CCOCC4)cc3)c2cc1OC. The van der Waals surface area contributed by atoms with Gasteiger partial charge in [0.2, 0.25) is 0 Å². The number of morpholine rings is 1. The van der Waals surface area contributed by atoms with Gasteiger partial charge in [0, 0.05) is 66.1 Å². The van der Waals surface area contributed by atoms with Crippen molar-refractivity contribution in [3.05, 3.63) is 167 Å². The summed E-state index contributed by atoms with van der Waals surface area (Å²) < 4.78 is 51.1. The van der Waals surface area contributed by atoms with E-state index in [-0.39, 0.29) is 11.6 Å². The number of ketones is 2.